The molecule has 4 heteroatoms. The zero-order valence-electron chi connectivity index (χ0n) is 11.6. The Bertz CT molecular complexity index is 506. The average molecular weight is 260 g/mol. The molecule has 1 aromatic heterocycles. The smallest absolute Gasteiger partial charge is 0.150 e. The molecule has 4 saturated heterocycles. The van der Waals surface area contributed by atoms with E-state index in [0.29, 0.717) is 5.78 Å². The number of piperidine rings is 2. The van der Waals surface area contributed by atoms with Gasteiger partial charge in [0.25, 0.3) is 0 Å². The highest BCUT2D eigenvalue weighted by molar-refractivity contribution is 5.93. The maximum absolute atomic E-state index is 12.8. The van der Waals surface area contributed by atoms with E-state index in [4.69, 9.17) is 4.42 Å². The van der Waals surface area contributed by atoms with Crippen molar-refractivity contribution in [1.29, 1.82) is 0 Å². The van der Waals surface area contributed by atoms with E-state index in [0.717, 1.165) is 38.4 Å². The molecule has 4 aliphatic heterocycles. The minimum absolute atomic E-state index is 0.145. The van der Waals surface area contributed by atoms with Crippen LogP contribution in [-0.2, 0) is 4.79 Å². The second kappa shape index (κ2) is 3.49. The molecule has 4 bridgehead atoms. The summed E-state index contributed by atoms with van der Waals surface area (Å²) in [5, 5.41) is 0. The monoisotopic (exact) mass is 260 g/mol. The van der Waals surface area contributed by atoms with Crippen LogP contribution in [-0.4, -0.2) is 41.8 Å². The van der Waals surface area contributed by atoms with Crippen LogP contribution >= 0.6 is 0 Å². The minimum Gasteiger partial charge on any atom is -0.466 e. The van der Waals surface area contributed by atoms with E-state index >= 15 is 0 Å². The molecule has 4 fully saturated rings. The van der Waals surface area contributed by atoms with Crippen LogP contribution in [0.2, 0.25) is 0 Å². The summed E-state index contributed by atoms with van der Waals surface area (Å²) in [5.74, 6) is 1.51. The van der Waals surface area contributed by atoms with Gasteiger partial charge >= 0.3 is 0 Å². The van der Waals surface area contributed by atoms with Crippen LogP contribution < -0.4 is 0 Å². The standard InChI is InChI=1S/C15H20N2O2/c1-3-15-9-16-7-14(2,13(15)18)8-17(10-15)12(16)11-5-4-6-19-11/h4-6,12H,3,7-10H2,1-2H3. The second-order valence-electron chi connectivity index (χ2n) is 6.72. The first kappa shape index (κ1) is 11.7. The van der Waals surface area contributed by atoms with E-state index in [1.807, 2.05) is 6.07 Å². The zero-order chi connectivity index (χ0) is 13.3. The van der Waals surface area contributed by atoms with E-state index in [-0.39, 0.29) is 17.0 Å². The number of furan rings is 1. The molecule has 0 radical (unpaired) electrons. The first-order chi connectivity index (χ1) is 9.08. The van der Waals surface area contributed by atoms with E-state index in [9.17, 15) is 4.79 Å². The van der Waals surface area contributed by atoms with Crippen LogP contribution in [0.4, 0.5) is 0 Å². The molecule has 2 unspecified atom stereocenters. The van der Waals surface area contributed by atoms with Gasteiger partial charge < -0.3 is 4.42 Å². The molecule has 1 aromatic rings. The fraction of sp³-hybridized carbons (Fsp3) is 0.667. The maximum atomic E-state index is 12.8. The zero-order valence-corrected chi connectivity index (χ0v) is 11.6. The van der Waals surface area contributed by atoms with Crippen molar-refractivity contribution in [2.45, 2.75) is 26.4 Å². The topological polar surface area (TPSA) is 36.7 Å². The van der Waals surface area contributed by atoms with Crippen LogP contribution in [0, 0.1) is 10.8 Å². The van der Waals surface area contributed by atoms with Gasteiger partial charge in [0.2, 0.25) is 0 Å². The molecule has 4 nitrogen and oxygen atoms in total. The van der Waals surface area contributed by atoms with Gasteiger partial charge in [0.1, 0.15) is 17.7 Å². The van der Waals surface area contributed by atoms with Gasteiger partial charge in [-0.1, -0.05) is 13.8 Å². The third-order valence-electron chi connectivity index (χ3n) is 5.31. The Morgan fingerprint density at radius 2 is 2.00 bits per heavy atom. The van der Waals surface area contributed by atoms with Crippen molar-refractivity contribution in [1.82, 2.24) is 9.80 Å². The van der Waals surface area contributed by atoms with Gasteiger partial charge in [-0.15, -0.1) is 0 Å². The third-order valence-corrected chi connectivity index (χ3v) is 5.31. The Hall–Kier alpha value is -1.13. The van der Waals surface area contributed by atoms with Crippen LogP contribution in [0.1, 0.15) is 32.2 Å². The molecule has 19 heavy (non-hydrogen) atoms. The normalized spacial score (nSPS) is 47.9. The lowest BCUT2D eigenvalue weighted by Gasteiger charge is -2.64. The van der Waals surface area contributed by atoms with Crippen molar-refractivity contribution in [2.75, 3.05) is 26.2 Å². The van der Waals surface area contributed by atoms with E-state index in [1.54, 1.807) is 6.26 Å². The summed E-state index contributed by atoms with van der Waals surface area (Å²) in [7, 11) is 0. The highest BCUT2D eigenvalue weighted by Gasteiger charge is 2.63. The van der Waals surface area contributed by atoms with Crippen LogP contribution in [0.3, 0.4) is 0 Å². The predicted molar refractivity (Wildman–Crippen MR) is 70.4 cm³/mol. The highest BCUT2D eigenvalue weighted by atomic mass is 16.3. The molecule has 5 heterocycles. The van der Waals surface area contributed by atoms with Crippen LogP contribution in [0.5, 0.6) is 0 Å². The van der Waals surface area contributed by atoms with Crippen molar-refractivity contribution in [2.24, 2.45) is 10.8 Å². The quantitative estimate of drug-likeness (QED) is 0.813. The molecule has 0 N–H and O–H groups in total. The van der Waals surface area contributed by atoms with Gasteiger partial charge in [0.15, 0.2) is 0 Å². The molecule has 2 atom stereocenters. The van der Waals surface area contributed by atoms with Crippen LogP contribution in [0.25, 0.3) is 0 Å². The Morgan fingerprint density at radius 3 is 2.53 bits per heavy atom. The largest absolute Gasteiger partial charge is 0.466 e. The number of nitrogens with zero attached hydrogens (tertiary/aromatic N) is 2. The van der Waals surface area contributed by atoms with Crippen molar-refractivity contribution in [3.05, 3.63) is 24.2 Å². The summed E-state index contributed by atoms with van der Waals surface area (Å²) < 4.78 is 5.62. The SMILES string of the molecule is CCC12CN3CC(C)(CN(C1)C3c1ccco1)C2=O. The molecule has 0 saturated carbocycles. The Morgan fingerprint density at radius 1 is 1.32 bits per heavy atom. The molecular formula is C15H20N2O2. The van der Waals surface area contributed by atoms with E-state index in [1.165, 1.54) is 0 Å². The molecule has 0 aromatic carbocycles. The maximum Gasteiger partial charge on any atom is 0.150 e. The predicted octanol–water partition coefficient (Wildman–Crippen LogP) is 1.89. The molecule has 0 spiro atoms. The molecular weight excluding hydrogens is 240 g/mol. The first-order valence-electron chi connectivity index (χ1n) is 7.14. The van der Waals surface area contributed by atoms with Crippen molar-refractivity contribution in [3.8, 4) is 0 Å². The number of carbonyl (C=O) groups excluding carboxylic acids is 1. The molecule has 4 aliphatic rings. The highest BCUT2D eigenvalue weighted by Crippen LogP contribution is 2.53. The summed E-state index contributed by atoms with van der Waals surface area (Å²) in [6.45, 7) is 7.80. The fourth-order valence-electron chi connectivity index (χ4n) is 4.57. The lowest BCUT2D eigenvalue weighted by Crippen LogP contribution is -2.75. The summed E-state index contributed by atoms with van der Waals surface area (Å²) in [6.07, 6.45) is 2.92. The number of carbonyl (C=O) groups is 1. The molecule has 0 amide bonds. The Labute approximate surface area is 113 Å². The summed E-state index contributed by atoms with van der Waals surface area (Å²) in [4.78, 5) is 17.6. The Kier molecular flexibility index (Phi) is 2.15. The third kappa shape index (κ3) is 1.33. The van der Waals surface area contributed by atoms with Gasteiger partial charge in [-0.3, -0.25) is 14.6 Å². The van der Waals surface area contributed by atoms with Gasteiger partial charge in [-0.05, 0) is 18.6 Å². The molecule has 0 aliphatic carbocycles. The molecule has 5 rings (SSSR count). The summed E-state index contributed by atoms with van der Waals surface area (Å²) in [5.41, 5.74) is -0.329. The number of ketones is 1. The Balaban J connectivity index is 1.77. The number of rotatable bonds is 2. The van der Waals surface area contributed by atoms with E-state index in [2.05, 4.69) is 29.7 Å². The summed E-state index contributed by atoms with van der Waals surface area (Å²) >= 11 is 0. The second-order valence-corrected chi connectivity index (χ2v) is 6.72. The van der Waals surface area contributed by atoms with Gasteiger partial charge in [0.05, 0.1) is 17.1 Å². The average Bonchev–Trinajstić information content (AvgIpc) is 2.88. The lowest BCUT2D eigenvalue weighted by atomic mass is 9.60. The van der Waals surface area contributed by atoms with Gasteiger partial charge in [-0.25, -0.2) is 0 Å². The van der Waals surface area contributed by atoms with Gasteiger partial charge in [0, 0.05) is 26.2 Å². The molecule has 102 valence electrons. The van der Waals surface area contributed by atoms with Crippen molar-refractivity contribution in [3.63, 3.8) is 0 Å². The number of hydrogen-bond donors (Lipinski definition) is 0. The van der Waals surface area contributed by atoms with E-state index < -0.39 is 0 Å². The summed E-state index contributed by atoms with van der Waals surface area (Å²) in [6, 6.07) is 4.00. The van der Waals surface area contributed by atoms with Crippen LogP contribution in [0.15, 0.2) is 22.8 Å². The fourth-order valence-corrected chi connectivity index (χ4v) is 4.57. The minimum atomic E-state index is -0.185. The lowest BCUT2D eigenvalue weighted by molar-refractivity contribution is -0.203. The number of Topliss-reactive ketones (excluding diaryl/α,β-unsaturated/α-hetero) is 1. The number of hydrogen-bond acceptors (Lipinski definition) is 4. The first-order valence-corrected chi connectivity index (χ1v) is 7.14. The van der Waals surface area contributed by atoms with Gasteiger partial charge in [-0.2, -0.15) is 0 Å². The van der Waals surface area contributed by atoms with Crippen molar-refractivity contribution >= 4 is 5.78 Å². The van der Waals surface area contributed by atoms with Crippen molar-refractivity contribution < 1.29 is 9.21 Å².